The van der Waals surface area contributed by atoms with Crippen LogP contribution in [0.2, 0.25) is 0 Å². The maximum atomic E-state index is 5.88. The summed E-state index contributed by atoms with van der Waals surface area (Å²) >= 11 is 0. The molecule has 0 unspecified atom stereocenters. The average molecular weight is 644 g/mol. The van der Waals surface area contributed by atoms with Crippen molar-refractivity contribution in [2.45, 2.75) is 0 Å². The fourth-order valence-corrected chi connectivity index (χ4v) is 4.24. The molecule has 0 atom stereocenters. The Morgan fingerprint density at radius 2 is 1.56 bits per heavy atom. The van der Waals surface area contributed by atoms with Gasteiger partial charge in [0, 0.05) is 49.4 Å². The molecule has 1 aliphatic heterocycles. The van der Waals surface area contributed by atoms with Crippen molar-refractivity contribution in [3.63, 3.8) is 0 Å². The summed E-state index contributed by atoms with van der Waals surface area (Å²) in [6.45, 7) is 0. The molecule has 0 saturated heterocycles. The van der Waals surface area contributed by atoms with Crippen LogP contribution in [-0.4, -0.2) is 22.6 Å². The van der Waals surface area contributed by atoms with Crippen LogP contribution in [0, 0.1) is 12.1 Å². The van der Waals surface area contributed by atoms with Gasteiger partial charge in [0.25, 0.3) is 11.4 Å². The maximum absolute atomic E-state index is 5.88. The maximum Gasteiger partial charge on any atom is 0.494 e. The zero-order valence-corrected chi connectivity index (χ0v) is 21.9. The molecule has 0 saturated carbocycles. The minimum atomic E-state index is 0. The Morgan fingerprint density at radius 3 is 2.36 bits per heavy atom. The van der Waals surface area contributed by atoms with Gasteiger partial charge in [-0.1, -0.05) is 63.1 Å². The number of para-hydroxylation sites is 3. The Balaban J connectivity index is 0.000000175. The molecule has 36 heavy (non-hydrogen) atoms. The summed E-state index contributed by atoms with van der Waals surface area (Å²) in [5, 5.41) is 2.22. The second kappa shape index (κ2) is 10.2. The molecule has 6 aromatic rings. The van der Waals surface area contributed by atoms with Gasteiger partial charge in [0.05, 0.1) is 0 Å². The molecular formula is C31H21IrN3O. The largest absolute Gasteiger partial charge is 0.516 e. The van der Waals surface area contributed by atoms with Crippen LogP contribution in [0.3, 0.4) is 0 Å². The van der Waals surface area contributed by atoms with Gasteiger partial charge >= 0.3 is 6.01 Å². The molecule has 5 heteroatoms. The van der Waals surface area contributed by atoms with Gasteiger partial charge in [0.15, 0.2) is 7.05 Å². The average Bonchev–Trinajstić information content (AvgIpc) is 3.47. The molecular weight excluding hydrogens is 623 g/mol. The van der Waals surface area contributed by atoms with Gasteiger partial charge in [-0.2, -0.15) is 0 Å². The third-order valence-corrected chi connectivity index (χ3v) is 5.92. The number of furan rings is 1. The molecule has 4 aromatic carbocycles. The second-order valence-electron chi connectivity index (χ2n) is 8.17. The first-order valence-electron chi connectivity index (χ1n) is 11.4. The number of fused-ring (bicyclic) bond motifs is 4. The van der Waals surface area contributed by atoms with Crippen LogP contribution in [-0.2, 0) is 20.1 Å². The van der Waals surface area contributed by atoms with E-state index in [9.17, 15) is 0 Å². The standard InChI is InChI=1S/C20H13N2O.C11H8N.Ir/c1-21-13-22(18-8-4-3-7-17(18)21)14-10-11-20-16(12-14)15-6-2-5-9-19(15)23-20;1-2-6-10(7-3-1)11-8-4-5-9-12-11;/h2-9,11-12H,1H3;1-6,8-9H;/q+1;-1;. The van der Waals surface area contributed by atoms with Crippen molar-refractivity contribution >= 4 is 45.0 Å². The van der Waals surface area contributed by atoms with E-state index in [4.69, 9.17) is 4.42 Å². The Morgan fingerprint density at radius 1 is 0.778 bits per heavy atom. The summed E-state index contributed by atoms with van der Waals surface area (Å²) in [7, 11) is 2.00. The van der Waals surface area contributed by atoms with Crippen LogP contribution in [0.5, 0.6) is 0 Å². The van der Waals surface area contributed by atoms with E-state index in [0.717, 1.165) is 50.3 Å². The first-order chi connectivity index (χ1) is 17.3. The molecule has 0 fully saturated rings. The van der Waals surface area contributed by atoms with Crippen LogP contribution in [0.15, 0.2) is 114 Å². The van der Waals surface area contributed by atoms with Gasteiger partial charge in [-0.25, -0.2) is 0 Å². The molecule has 7 rings (SSSR count). The van der Waals surface area contributed by atoms with Crippen LogP contribution < -0.4 is 4.58 Å². The fraction of sp³-hybridized carbons (Fsp3) is 0.0323. The molecule has 0 bridgehead atoms. The van der Waals surface area contributed by atoms with Crippen molar-refractivity contribution in [1.82, 2.24) is 9.56 Å². The third kappa shape index (κ3) is 4.44. The number of aromatic nitrogens is 1. The van der Waals surface area contributed by atoms with E-state index in [2.05, 4.69) is 47.4 Å². The van der Waals surface area contributed by atoms with Crippen LogP contribution >= 0.6 is 0 Å². The van der Waals surface area contributed by atoms with Crippen LogP contribution in [0.1, 0.15) is 0 Å². The second-order valence-corrected chi connectivity index (χ2v) is 8.17. The first-order valence-corrected chi connectivity index (χ1v) is 11.4. The molecule has 1 radical (unpaired) electrons. The van der Waals surface area contributed by atoms with E-state index in [1.165, 1.54) is 0 Å². The quantitative estimate of drug-likeness (QED) is 0.147. The predicted octanol–water partition coefficient (Wildman–Crippen LogP) is 7.23. The minimum absolute atomic E-state index is 0. The van der Waals surface area contributed by atoms with Crippen molar-refractivity contribution in [2.75, 3.05) is 7.05 Å². The zero-order chi connectivity index (χ0) is 23.6. The number of nitrogens with zero attached hydrogens (tertiary/aromatic N) is 3. The summed E-state index contributed by atoms with van der Waals surface area (Å²) in [5.74, 6) is 0. The Hall–Kier alpha value is -4.14. The SMILES string of the molecule is C[N+]1=C=[N+](c2[c-]cc3oc4ccccc4c3c2)c2ccccc21.[Ir].[c-]1ccccc1-c1ccccn1. The van der Waals surface area contributed by atoms with Crippen molar-refractivity contribution < 1.29 is 29.1 Å². The first kappa shape index (κ1) is 23.6. The summed E-state index contributed by atoms with van der Waals surface area (Å²) in [5.41, 5.74) is 6.98. The summed E-state index contributed by atoms with van der Waals surface area (Å²) < 4.78 is 9.92. The monoisotopic (exact) mass is 644 g/mol. The van der Waals surface area contributed by atoms with E-state index < -0.39 is 0 Å². The molecule has 0 N–H and O–H groups in total. The summed E-state index contributed by atoms with van der Waals surface area (Å²) in [6.07, 6.45) is 1.79. The minimum Gasteiger partial charge on any atom is -0.516 e. The fourth-order valence-electron chi connectivity index (χ4n) is 4.24. The number of rotatable bonds is 2. The van der Waals surface area contributed by atoms with Crippen molar-refractivity contribution in [2.24, 2.45) is 0 Å². The van der Waals surface area contributed by atoms with Gasteiger partial charge in [0.1, 0.15) is 11.3 Å². The van der Waals surface area contributed by atoms with E-state index in [0.29, 0.717) is 0 Å². The molecule has 0 spiro atoms. The van der Waals surface area contributed by atoms with Gasteiger partial charge in [-0.15, -0.1) is 48.0 Å². The summed E-state index contributed by atoms with van der Waals surface area (Å²) in [6, 6.07) is 43.9. The molecule has 1 aliphatic rings. The van der Waals surface area contributed by atoms with E-state index in [1.807, 2.05) is 95.1 Å². The zero-order valence-electron chi connectivity index (χ0n) is 19.5. The van der Waals surface area contributed by atoms with Crippen molar-refractivity contribution in [3.05, 3.63) is 121 Å². The smallest absolute Gasteiger partial charge is 0.494 e. The molecule has 3 heterocycles. The third-order valence-electron chi connectivity index (χ3n) is 5.92. The van der Waals surface area contributed by atoms with E-state index in [1.54, 1.807) is 6.20 Å². The molecule has 0 amide bonds. The Bertz CT molecular complexity index is 1700. The normalized spacial score (nSPS) is 11.7. The number of benzene rings is 4. The van der Waals surface area contributed by atoms with Gasteiger partial charge in [0.2, 0.25) is 0 Å². The molecule has 175 valence electrons. The Kier molecular flexibility index (Phi) is 6.70. The van der Waals surface area contributed by atoms with Gasteiger partial charge in [-0.3, -0.25) is 0 Å². The molecule has 0 aliphatic carbocycles. The molecule has 2 aromatic heterocycles. The van der Waals surface area contributed by atoms with Crippen LogP contribution in [0.4, 0.5) is 17.1 Å². The number of hydrogen-bond donors (Lipinski definition) is 0. The number of hydrogen-bond acceptors (Lipinski definition) is 2. The predicted molar refractivity (Wildman–Crippen MR) is 140 cm³/mol. The number of pyridine rings is 1. The Labute approximate surface area is 222 Å². The van der Waals surface area contributed by atoms with Gasteiger partial charge in [-0.05, 0) is 17.8 Å². The topological polar surface area (TPSA) is 32.0 Å². The van der Waals surface area contributed by atoms with Gasteiger partial charge < -0.3 is 9.40 Å². The van der Waals surface area contributed by atoms with E-state index in [-0.39, 0.29) is 20.1 Å². The van der Waals surface area contributed by atoms with Crippen molar-refractivity contribution in [1.29, 1.82) is 0 Å². The molecule has 4 nitrogen and oxygen atoms in total. The van der Waals surface area contributed by atoms with E-state index >= 15 is 0 Å². The summed E-state index contributed by atoms with van der Waals surface area (Å²) in [4.78, 5) is 4.22. The van der Waals surface area contributed by atoms with Crippen LogP contribution in [0.25, 0.3) is 33.2 Å². The van der Waals surface area contributed by atoms with Crippen molar-refractivity contribution in [3.8, 4) is 11.3 Å².